The van der Waals surface area contributed by atoms with Crippen LogP contribution in [0.3, 0.4) is 0 Å². The first-order valence-electron chi connectivity index (χ1n) is 5.24. The lowest BCUT2D eigenvalue weighted by atomic mass is 10.3. The van der Waals surface area contributed by atoms with E-state index in [2.05, 4.69) is 10.3 Å². The van der Waals surface area contributed by atoms with Crippen LogP contribution in [0.4, 0.5) is 10.8 Å². The van der Waals surface area contributed by atoms with E-state index in [1.165, 1.54) is 11.3 Å². The van der Waals surface area contributed by atoms with Gasteiger partial charge in [0.1, 0.15) is 5.75 Å². The maximum absolute atomic E-state index is 10.5. The van der Waals surface area contributed by atoms with Crippen LogP contribution in [0.1, 0.15) is 5.69 Å². The normalized spacial score (nSPS) is 10.1. The van der Waals surface area contributed by atoms with Crippen LogP contribution in [0.5, 0.6) is 5.75 Å². The van der Waals surface area contributed by atoms with Gasteiger partial charge in [-0.3, -0.25) is 4.79 Å². The zero-order valence-electron chi connectivity index (χ0n) is 9.71. The van der Waals surface area contributed by atoms with Crippen LogP contribution in [0.15, 0.2) is 29.6 Å². The van der Waals surface area contributed by atoms with Gasteiger partial charge in [0, 0.05) is 17.1 Å². The Morgan fingerprint density at radius 1 is 1.56 bits per heavy atom. The zero-order chi connectivity index (χ0) is 13.0. The highest BCUT2D eigenvalue weighted by atomic mass is 32.1. The Balaban J connectivity index is 2.08. The Bertz CT molecular complexity index is 554. The van der Waals surface area contributed by atoms with Crippen molar-refractivity contribution >= 4 is 28.1 Å². The Kier molecular flexibility index (Phi) is 3.78. The summed E-state index contributed by atoms with van der Waals surface area (Å²) < 4.78 is 5.12. The number of aromatic nitrogens is 1. The van der Waals surface area contributed by atoms with Crippen molar-refractivity contribution in [1.29, 1.82) is 0 Å². The average Bonchev–Trinajstić information content (AvgIpc) is 2.76. The lowest BCUT2D eigenvalue weighted by Crippen LogP contribution is -2.00. The molecule has 0 amide bonds. The number of carbonyl (C=O) groups is 1. The smallest absolute Gasteiger partial charge is 0.309 e. The van der Waals surface area contributed by atoms with Crippen molar-refractivity contribution in [2.45, 2.75) is 6.42 Å². The predicted molar refractivity (Wildman–Crippen MR) is 69.7 cm³/mol. The van der Waals surface area contributed by atoms with Gasteiger partial charge in [-0.15, -0.1) is 11.3 Å². The third kappa shape index (κ3) is 3.21. The summed E-state index contributed by atoms with van der Waals surface area (Å²) in [6, 6.07) is 7.45. The number of nitrogens with zero attached hydrogens (tertiary/aromatic N) is 1. The fourth-order valence-electron chi connectivity index (χ4n) is 1.42. The molecular weight excluding hydrogens is 252 g/mol. The van der Waals surface area contributed by atoms with E-state index in [1.807, 2.05) is 24.3 Å². The first kappa shape index (κ1) is 12.4. The quantitative estimate of drug-likeness (QED) is 0.868. The van der Waals surface area contributed by atoms with Gasteiger partial charge in [-0.05, 0) is 12.1 Å². The molecule has 5 nitrogen and oxygen atoms in total. The SMILES string of the molecule is COc1cccc(Nc2nc(CC(=O)O)cs2)c1. The number of carboxylic acid groups (broad SMARTS) is 1. The Morgan fingerprint density at radius 3 is 3.11 bits per heavy atom. The largest absolute Gasteiger partial charge is 0.497 e. The second-order valence-electron chi connectivity index (χ2n) is 3.57. The van der Waals surface area contributed by atoms with Gasteiger partial charge in [0.15, 0.2) is 5.13 Å². The zero-order valence-corrected chi connectivity index (χ0v) is 10.5. The number of carboxylic acids is 1. The number of benzene rings is 1. The average molecular weight is 264 g/mol. The van der Waals surface area contributed by atoms with Crippen molar-refractivity contribution in [3.05, 3.63) is 35.3 Å². The van der Waals surface area contributed by atoms with E-state index >= 15 is 0 Å². The second kappa shape index (κ2) is 5.50. The second-order valence-corrected chi connectivity index (χ2v) is 4.43. The van der Waals surface area contributed by atoms with Crippen LogP contribution >= 0.6 is 11.3 Å². The number of thiazole rings is 1. The van der Waals surface area contributed by atoms with Gasteiger partial charge in [-0.25, -0.2) is 4.98 Å². The maximum atomic E-state index is 10.5. The molecule has 0 spiro atoms. The van der Waals surface area contributed by atoms with Crippen molar-refractivity contribution in [1.82, 2.24) is 4.98 Å². The van der Waals surface area contributed by atoms with Gasteiger partial charge in [-0.2, -0.15) is 0 Å². The fourth-order valence-corrected chi connectivity index (χ4v) is 2.16. The molecule has 0 aliphatic rings. The maximum Gasteiger partial charge on any atom is 0.309 e. The summed E-state index contributed by atoms with van der Waals surface area (Å²) in [4.78, 5) is 14.7. The van der Waals surface area contributed by atoms with Crippen LogP contribution in [0.25, 0.3) is 0 Å². The van der Waals surface area contributed by atoms with Crippen LogP contribution in [0, 0.1) is 0 Å². The molecule has 1 aromatic carbocycles. The molecular formula is C12H12N2O3S. The number of aliphatic carboxylic acids is 1. The van der Waals surface area contributed by atoms with Gasteiger partial charge in [0.05, 0.1) is 19.2 Å². The fraction of sp³-hybridized carbons (Fsp3) is 0.167. The standard InChI is InChI=1S/C12H12N2O3S/c1-17-10-4-2-3-8(5-10)13-12-14-9(7-18-12)6-11(15)16/h2-5,7H,6H2,1H3,(H,13,14)(H,15,16). The number of nitrogens with one attached hydrogen (secondary N) is 1. The molecule has 0 aliphatic heterocycles. The molecule has 2 rings (SSSR count). The minimum atomic E-state index is -0.881. The molecule has 0 atom stereocenters. The van der Waals surface area contributed by atoms with Crippen molar-refractivity contribution in [3.63, 3.8) is 0 Å². The minimum absolute atomic E-state index is 0.0592. The van der Waals surface area contributed by atoms with E-state index in [0.717, 1.165) is 11.4 Å². The summed E-state index contributed by atoms with van der Waals surface area (Å²) in [5.74, 6) is -0.129. The molecule has 0 aliphatic carbocycles. The highest BCUT2D eigenvalue weighted by molar-refractivity contribution is 7.13. The number of rotatable bonds is 5. The number of hydrogen-bond donors (Lipinski definition) is 2. The molecule has 0 saturated heterocycles. The topological polar surface area (TPSA) is 71.5 Å². The van der Waals surface area contributed by atoms with Crippen LogP contribution in [-0.2, 0) is 11.2 Å². The Morgan fingerprint density at radius 2 is 2.39 bits per heavy atom. The van der Waals surface area contributed by atoms with Gasteiger partial charge < -0.3 is 15.2 Å². The lowest BCUT2D eigenvalue weighted by Gasteiger charge is -2.04. The summed E-state index contributed by atoms with van der Waals surface area (Å²) >= 11 is 1.37. The van der Waals surface area contributed by atoms with Gasteiger partial charge in [0.25, 0.3) is 0 Å². The minimum Gasteiger partial charge on any atom is -0.497 e. The summed E-state index contributed by atoms with van der Waals surface area (Å²) in [5.41, 5.74) is 1.41. The molecule has 2 aromatic rings. The first-order chi connectivity index (χ1) is 8.67. The van der Waals surface area contributed by atoms with E-state index in [-0.39, 0.29) is 6.42 Å². The van der Waals surface area contributed by atoms with Crippen molar-refractivity contribution < 1.29 is 14.6 Å². The number of hydrogen-bond acceptors (Lipinski definition) is 5. The van der Waals surface area contributed by atoms with Gasteiger partial charge in [-0.1, -0.05) is 6.07 Å². The molecule has 1 heterocycles. The molecule has 1 aromatic heterocycles. The molecule has 0 fully saturated rings. The molecule has 0 radical (unpaired) electrons. The molecule has 6 heteroatoms. The monoisotopic (exact) mass is 264 g/mol. The lowest BCUT2D eigenvalue weighted by molar-refractivity contribution is -0.136. The summed E-state index contributed by atoms with van der Waals surface area (Å²) in [7, 11) is 1.60. The molecule has 2 N–H and O–H groups in total. The summed E-state index contributed by atoms with van der Waals surface area (Å²) in [6.45, 7) is 0. The van der Waals surface area contributed by atoms with Gasteiger partial charge in [0.2, 0.25) is 0 Å². The first-order valence-corrected chi connectivity index (χ1v) is 6.12. The molecule has 0 bridgehead atoms. The molecule has 18 heavy (non-hydrogen) atoms. The Labute approximate surface area is 108 Å². The number of methoxy groups -OCH3 is 1. The van der Waals surface area contributed by atoms with E-state index in [1.54, 1.807) is 12.5 Å². The van der Waals surface area contributed by atoms with Gasteiger partial charge >= 0.3 is 5.97 Å². The van der Waals surface area contributed by atoms with Crippen molar-refractivity contribution in [2.75, 3.05) is 12.4 Å². The Hall–Kier alpha value is -2.08. The van der Waals surface area contributed by atoms with Crippen LogP contribution < -0.4 is 10.1 Å². The third-order valence-electron chi connectivity index (χ3n) is 2.21. The highest BCUT2D eigenvalue weighted by Gasteiger charge is 2.06. The van der Waals surface area contributed by atoms with E-state index < -0.39 is 5.97 Å². The predicted octanol–water partition coefficient (Wildman–Crippen LogP) is 2.52. The van der Waals surface area contributed by atoms with Crippen molar-refractivity contribution in [3.8, 4) is 5.75 Å². The van der Waals surface area contributed by atoms with E-state index in [9.17, 15) is 4.79 Å². The summed E-state index contributed by atoms with van der Waals surface area (Å²) in [5, 5.41) is 14.2. The molecule has 94 valence electrons. The molecule has 0 unspecified atom stereocenters. The summed E-state index contributed by atoms with van der Waals surface area (Å²) in [6.07, 6.45) is -0.0592. The molecule has 0 saturated carbocycles. The third-order valence-corrected chi connectivity index (χ3v) is 3.01. The highest BCUT2D eigenvalue weighted by Crippen LogP contribution is 2.23. The number of ether oxygens (including phenoxy) is 1. The van der Waals surface area contributed by atoms with E-state index in [4.69, 9.17) is 9.84 Å². The van der Waals surface area contributed by atoms with Crippen molar-refractivity contribution in [2.24, 2.45) is 0 Å². The van der Waals surface area contributed by atoms with E-state index in [0.29, 0.717) is 10.8 Å². The van der Waals surface area contributed by atoms with Crippen LogP contribution in [0.2, 0.25) is 0 Å². The van der Waals surface area contributed by atoms with Crippen LogP contribution in [-0.4, -0.2) is 23.2 Å². The number of anilines is 2.